The van der Waals surface area contributed by atoms with E-state index in [1.165, 1.54) is 12.8 Å². The first-order valence-corrected chi connectivity index (χ1v) is 13.1. The number of aliphatic hydroxyl groups is 1. The fourth-order valence-electron chi connectivity index (χ4n) is 5.10. The number of para-hydroxylation sites is 1. The van der Waals surface area contributed by atoms with Crippen LogP contribution in [0.5, 0.6) is 5.75 Å². The minimum absolute atomic E-state index is 0.0476. The number of hydrogen-bond donors (Lipinski definition) is 3. The first-order chi connectivity index (χ1) is 16.5. The largest absolute Gasteiger partial charge is 0.493 e. The lowest BCUT2D eigenvalue weighted by molar-refractivity contribution is -0.0580. The summed E-state index contributed by atoms with van der Waals surface area (Å²) in [5.41, 5.74) is -0.196. The van der Waals surface area contributed by atoms with E-state index < -0.39 is 5.60 Å². The van der Waals surface area contributed by atoms with E-state index in [0.29, 0.717) is 32.7 Å². The van der Waals surface area contributed by atoms with Gasteiger partial charge in [-0.25, -0.2) is 4.79 Å². The SMILES string of the molecule is CNCC(C)NC(=O)N1CCC[C@@H](C(O)(CCCCOC)c2ccccc2OCCC2CC2)C1. The van der Waals surface area contributed by atoms with E-state index in [0.717, 1.165) is 55.9 Å². The van der Waals surface area contributed by atoms with Crippen LogP contribution in [-0.2, 0) is 10.3 Å². The van der Waals surface area contributed by atoms with Gasteiger partial charge >= 0.3 is 6.03 Å². The third-order valence-corrected chi connectivity index (χ3v) is 7.25. The molecule has 7 heteroatoms. The summed E-state index contributed by atoms with van der Waals surface area (Å²) in [6.45, 7) is 5.33. The number of benzene rings is 1. The first kappa shape index (κ1) is 26.8. The molecule has 2 aliphatic rings. The van der Waals surface area contributed by atoms with E-state index in [-0.39, 0.29) is 18.0 Å². The Bertz CT molecular complexity index is 757. The number of nitrogens with one attached hydrogen (secondary N) is 2. The zero-order valence-corrected chi connectivity index (χ0v) is 21.4. The summed E-state index contributed by atoms with van der Waals surface area (Å²) < 4.78 is 11.5. The fourth-order valence-corrected chi connectivity index (χ4v) is 5.10. The van der Waals surface area contributed by atoms with Gasteiger partial charge in [0.1, 0.15) is 5.75 Å². The molecule has 1 saturated carbocycles. The number of piperidine rings is 1. The Morgan fingerprint density at radius 3 is 2.76 bits per heavy atom. The molecule has 7 nitrogen and oxygen atoms in total. The minimum atomic E-state index is -1.06. The number of rotatable bonds is 14. The van der Waals surface area contributed by atoms with Gasteiger partial charge in [-0.15, -0.1) is 0 Å². The van der Waals surface area contributed by atoms with Gasteiger partial charge in [0, 0.05) is 50.9 Å². The molecule has 0 aromatic heterocycles. The highest BCUT2D eigenvalue weighted by molar-refractivity contribution is 5.74. The Balaban J connectivity index is 1.76. The molecule has 2 fully saturated rings. The van der Waals surface area contributed by atoms with Crippen LogP contribution in [0.1, 0.15) is 63.9 Å². The average molecular weight is 476 g/mol. The molecular weight excluding hydrogens is 430 g/mol. The number of nitrogens with zero attached hydrogens (tertiary/aromatic N) is 1. The Morgan fingerprint density at radius 1 is 1.24 bits per heavy atom. The van der Waals surface area contributed by atoms with Crippen molar-refractivity contribution in [1.82, 2.24) is 15.5 Å². The lowest BCUT2D eigenvalue weighted by Crippen LogP contribution is -2.53. The fraction of sp³-hybridized carbons (Fsp3) is 0.741. The number of carbonyl (C=O) groups is 1. The third kappa shape index (κ3) is 7.59. The van der Waals surface area contributed by atoms with E-state index in [1.807, 2.05) is 43.1 Å². The highest BCUT2D eigenvalue weighted by Crippen LogP contribution is 2.43. The van der Waals surface area contributed by atoms with Crippen molar-refractivity contribution >= 4 is 6.03 Å². The molecule has 3 atom stereocenters. The van der Waals surface area contributed by atoms with Crippen LogP contribution in [0.15, 0.2) is 24.3 Å². The number of ether oxygens (including phenoxy) is 2. The predicted molar refractivity (Wildman–Crippen MR) is 135 cm³/mol. The van der Waals surface area contributed by atoms with Crippen molar-refractivity contribution < 1.29 is 19.4 Å². The number of methoxy groups -OCH3 is 1. The molecule has 1 aromatic carbocycles. The van der Waals surface area contributed by atoms with Crippen molar-refractivity contribution in [3.63, 3.8) is 0 Å². The Labute approximate surface area is 205 Å². The molecule has 34 heavy (non-hydrogen) atoms. The summed E-state index contributed by atoms with van der Waals surface area (Å²) in [6.07, 6.45) is 7.81. The van der Waals surface area contributed by atoms with Gasteiger partial charge < -0.3 is 30.1 Å². The van der Waals surface area contributed by atoms with Gasteiger partial charge in [-0.3, -0.25) is 0 Å². The number of likely N-dealkylation sites (tertiary alicyclic amines) is 1. The molecule has 1 saturated heterocycles. The second-order valence-corrected chi connectivity index (χ2v) is 10.1. The molecule has 3 rings (SSSR count). The molecule has 1 aliphatic carbocycles. The van der Waals surface area contributed by atoms with E-state index in [1.54, 1.807) is 7.11 Å². The molecule has 0 radical (unpaired) electrons. The number of amides is 2. The second kappa shape index (κ2) is 13.3. The number of hydrogen-bond acceptors (Lipinski definition) is 5. The lowest BCUT2D eigenvalue weighted by Gasteiger charge is -2.43. The quantitative estimate of drug-likeness (QED) is 0.356. The summed E-state index contributed by atoms with van der Waals surface area (Å²) in [5.74, 6) is 1.53. The van der Waals surface area contributed by atoms with Crippen LogP contribution in [-0.4, -0.2) is 69.1 Å². The van der Waals surface area contributed by atoms with Gasteiger partial charge in [-0.2, -0.15) is 0 Å². The molecule has 192 valence electrons. The Hall–Kier alpha value is -1.83. The summed E-state index contributed by atoms with van der Waals surface area (Å²) in [4.78, 5) is 14.8. The predicted octanol–water partition coefficient (Wildman–Crippen LogP) is 3.90. The van der Waals surface area contributed by atoms with Crippen molar-refractivity contribution in [1.29, 1.82) is 0 Å². The van der Waals surface area contributed by atoms with E-state index in [9.17, 15) is 9.90 Å². The van der Waals surface area contributed by atoms with Gasteiger partial charge in [-0.1, -0.05) is 31.0 Å². The van der Waals surface area contributed by atoms with Gasteiger partial charge in [0.2, 0.25) is 0 Å². The van der Waals surface area contributed by atoms with Crippen molar-refractivity contribution in [3.05, 3.63) is 29.8 Å². The Kier molecular flexibility index (Phi) is 10.5. The summed E-state index contributed by atoms with van der Waals surface area (Å²) >= 11 is 0. The number of likely N-dealkylation sites (N-methyl/N-ethyl adjacent to an activating group) is 1. The molecule has 3 N–H and O–H groups in total. The van der Waals surface area contributed by atoms with Crippen LogP contribution in [0.4, 0.5) is 4.79 Å². The zero-order chi connectivity index (χ0) is 24.4. The van der Waals surface area contributed by atoms with Crippen LogP contribution in [0, 0.1) is 11.8 Å². The minimum Gasteiger partial charge on any atom is -0.493 e. The normalized spacial score (nSPS) is 21.1. The monoisotopic (exact) mass is 475 g/mol. The molecule has 0 spiro atoms. The van der Waals surface area contributed by atoms with Crippen molar-refractivity contribution in [2.24, 2.45) is 11.8 Å². The maximum absolute atomic E-state index is 12.9. The maximum atomic E-state index is 12.9. The van der Waals surface area contributed by atoms with Crippen LogP contribution < -0.4 is 15.4 Å². The van der Waals surface area contributed by atoms with Crippen LogP contribution in [0.3, 0.4) is 0 Å². The molecule has 2 unspecified atom stereocenters. The van der Waals surface area contributed by atoms with Gasteiger partial charge in [0.05, 0.1) is 12.2 Å². The molecule has 0 bridgehead atoms. The van der Waals surface area contributed by atoms with Crippen LogP contribution in [0.2, 0.25) is 0 Å². The number of carbonyl (C=O) groups excluding carboxylic acids is 1. The van der Waals surface area contributed by atoms with Crippen molar-refractivity contribution in [2.75, 3.05) is 47.0 Å². The first-order valence-electron chi connectivity index (χ1n) is 13.1. The summed E-state index contributed by atoms with van der Waals surface area (Å²) in [7, 11) is 3.59. The van der Waals surface area contributed by atoms with Gasteiger partial charge in [0.25, 0.3) is 0 Å². The standard InChI is InChI=1S/C27H45N3O4/c1-21(19-28-2)29-26(31)30-16-8-9-23(20-30)27(32,15-6-7-17-33-3)24-10-4-5-11-25(24)34-18-14-22-12-13-22/h4-5,10-11,21-23,28,32H,6-9,12-20H2,1-3H3,(H,29,31)/t21?,23-,27?/m1/s1. The Morgan fingerprint density at radius 2 is 2.03 bits per heavy atom. The van der Waals surface area contributed by atoms with Crippen molar-refractivity contribution in [2.45, 2.75) is 69.9 Å². The highest BCUT2D eigenvalue weighted by atomic mass is 16.5. The van der Waals surface area contributed by atoms with Gasteiger partial charge in [-0.05, 0) is 64.5 Å². The van der Waals surface area contributed by atoms with Crippen molar-refractivity contribution in [3.8, 4) is 5.75 Å². The van der Waals surface area contributed by atoms with E-state index >= 15 is 0 Å². The number of urea groups is 1. The zero-order valence-electron chi connectivity index (χ0n) is 21.4. The third-order valence-electron chi connectivity index (χ3n) is 7.25. The summed E-state index contributed by atoms with van der Waals surface area (Å²) in [6, 6.07) is 7.95. The van der Waals surface area contributed by atoms with Gasteiger partial charge in [0.15, 0.2) is 0 Å². The number of unbranched alkanes of at least 4 members (excludes halogenated alkanes) is 1. The van der Waals surface area contributed by atoms with Crippen LogP contribution >= 0.6 is 0 Å². The van der Waals surface area contributed by atoms with E-state index in [2.05, 4.69) is 10.6 Å². The maximum Gasteiger partial charge on any atom is 0.317 e. The highest BCUT2D eigenvalue weighted by Gasteiger charge is 2.43. The lowest BCUT2D eigenvalue weighted by atomic mass is 9.73. The smallest absolute Gasteiger partial charge is 0.317 e. The van der Waals surface area contributed by atoms with E-state index in [4.69, 9.17) is 9.47 Å². The summed E-state index contributed by atoms with van der Waals surface area (Å²) in [5, 5.41) is 18.5. The molecule has 1 aliphatic heterocycles. The average Bonchev–Trinajstić information content (AvgIpc) is 3.67. The topological polar surface area (TPSA) is 83.1 Å². The van der Waals surface area contributed by atoms with Crippen LogP contribution in [0.25, 0.3) is 0 Å². The molecule has 1 heterocycles. The molecular formula is C27H45N3O4. The molecule has 2 amide bonds. The second-order valence-electron chi connectivity index (χ2n) is 10.1. The molecule has 1 aromatic rings.